The van der Waals surface area contributed by atoms with Gasteiger partial charge in [0.15, 0.2) is 17.6 Å². The monoisotopic (exact) mass is 416 g/mol. The zero-order valence-corrected chi connectivity index (χ0v) is 17.5. The summed E-state index contributed by atoms with van der Waals surface area (Å²) in [5, 5.41) is 14.1. The second kappa shape index (κ2) is 9.73. The van der Waals surface area contributed by atoms with E-state index in [9.17, 15) is 19.7 Å². The van der Waals surface area contributed by atoms with Crippen LogP contribution in [0.5, 0.6) is 11.5 Å². The quantitative estimate of drug-likeness (QED) is 0.395. The van der Waals surface area contributed by atoms with Crippen molar-refractivity contribution in [2.75, 3.05) is 19.0 Å². The van der Waals surface area contributed by atoms with Crippen LogP contribution in [0.2, 0.25) is 0 Å². The van der Waals surface area contributed by atoms with Crippen molar-refractivity contribution in [3.05, 3.63) is 57.1 Å². The molecule has 0 heterocycles. The molecule has 160 valence electrons. The largest absolute Gasteiger partial charge is 0.493 e. The van der Waals surface area contributed by atoms with Crippen LogP contribution in [0.3, 0.4) is 0 Å². The van der Waals surface area contributed by atoms with Gasteiger partial charge in [-0.25, -0.2) is 4.79 Å². The van der Waals surface area contributed by atoms with Crippen molar-refractivity contribution in [3.8, 4) is 11.5 Å². The van der Waals surface area contributed by atoms with Crippen LogP contribution in [-0.2, 0) is 9.53 Å². The average Bonchev–Trinajstić information content (AvgIpc) is 2.70. The van der Waals surface area contributed by atoms with E-state index in [0.717, 1.165) is 17.2 Å². The summed E-state index contributed by atoms with van der Waals surface area (Å²) in [5.41, 5.74) is 1.55. The Labute approximate surface area is 174 Å². The molecular formula is C21H24N2O7. The number of nitrogens with one attached hydrogen (secondary N) is 1. The molecule has 1 amide bonds. The molecule has 30 heavy (non-hydrogen) atoms. The Morgan fingerprint density at radius 1 is 1.17 bits per heavy atom. The molecule has 0 unspecified atom stereocenters. The Morgan fingerprint density at radius 3 is 2.47 bits per heavy atom. The maximum absolute atomic E-state index is 12.6. The summed E-state index contributed by atoms with van der Waals surface area (Å²) in [7, 11) is 1.35. The zero-order chi connectivity index (χ0) is 22.4. The Hall–Kier alpha value is -3.62. The molecule has 1 atom stereocenters. The SMILES string of the molecule is CCOc1cc([N+](=O)[O-])c(C(=O)O[C@@H](C)C(=O)Nc2cc(C)ccc2C)cc1OC. The molecule has 1 N–H and O–H groups in total. The third kappa shape index (κ3) is 5.25. The molecule has 0 bridgehead atoms. The van der Waals surface area contributed by atoms with Gasteiger partial charge in [0.2, 0.25) is 0 Å². The summed E-state index contributed by atoms with van der Waals surface area (Å²) in [5.74, 6) is -1.31. The lowest BCUT2D eigenvalue weighted by atomic mass is 10.1. The molecule has 0 aliphatic rings. The van der Waals surface area contributed by atoms with E-state index in [1.807, 2.05) is 26.0 Å². The number of hydrogen-bond donors (Lipinski definition) is 1. The lowest BCUT2D eigenvalue weighted by Crippen LogP contribution is -2.30. The molecule has 0 spiro atoms. The van der Waals surface area contributed by atoms with E-state index >= 15 is 0 Å². The number of nitro groups is 1. The summed E-state index contributed by atoms with van der Waals surface area (Å²) in [6, 6.07) is 7.83. The minimum Gasteiger partial charge on any atom is -0.493 e. The fraction of sp³-hybridized carbons (Fsp3) is 0.333. The van der Waals surface area contributed by atoms with Gasteiger partial charge in [0.25, 0.3) is 11.6 Å². The van der Waals surface area contributed by atoms with Crippen LogP contribution in [0.1, 0.15) is 35.3 Å². The molecular weight excluding hydrogens is 392 g/mol. The number of carbonyl (C=O) groups excluding carboxylic acids is 2. The smallest absolute Gasteiger partial charge is 0.346 e. The van der Waals surface area contributed by atoms with Gasteiger partial charge in [0.05, 0.1) is 24.7 Å². The molecule has 0 aromatic heterocycles. The first-order chi connectivity index (χ1) is 14.2. The molecule has 0 aliphatic carbocycles. The van der Waals surface area contributed by atoms with Gasteiger partial charge in [-0.2, -0.15) is 0 Å². The number of anilines is 1. The fourth-order valence-electron chi connectivity index (χ4n) is 2.67. The number of ether oxygens (including phenoxy) is 3. The minimum atomic E-state index is -1.19. The van der Waals surface area contributed by atoms with Gasteiger partial charge in [0, 0.05) is 11.8 Å². The molecule has 9 heteroatoms. The van der Waals surface area contributed by atoms with E-state index in [1.54, 1.807) is 13.0 Å². The van der Waals surface area contributed by atoms with Crippen LogP contribution in [0.25, 0.3) is 0 Å². The van der Waals surface area contributed by atoms with Crippen molar-refractivity contribution in [1.82, 2.24) is 0 Å². The van der Waals surface area contributed by atoms with Crippen molar-refractivity contribution in [1.29, 1.82) is 0 Å². The van der Waals surface area contributed by atoms with E-state index in [1.165, 1.54) is 20.1 Å². The first-order valence-corrected chi connectivity index (χ1v) is 9.26. The number of esters is 1. The Balaban J connectivity index is 2.24. The summed E-state index contributed by atoms with van der Waals surface area (Å²) >= 11 is 0. The second-order valence-electron chi connectivity index (χ2n) is 6.57. The molecule has 2 aromatic carbocycles. The van der Waals surface area contributed by atoms with Gasteiger partial charge in [0.1, 0.15) is 5.56 Å². The lowest BCUT2D eigenvalue weighted by Gasteiger charge is -2.16. The topological polar surface area (TPSA) is 117 Å². The van der Waals surface area contributed by atoms with Crippen LogP contribution < -0.4 is 14.8 Å². The first kappa shape index (κ1) is 22.7. The molecule has 0 saturated heterocycles. The Kier molecular flexibility index (Phi) is 7.35. The molecule has 9 nitrogen and oxygen atoms in total. The normalized spacial score (nSPS) is 11.4. The molecule has 2 rings (SSSR count). The minimum absolute atomic E-state index is 0.129. The summed E-state index contributed by atoms with van der Waals surface area (Å²) < 4.78 is 15.6. The van der Waals surface area contributed by atoms with Crippen LogP contribution in [0.4, 0.5) is 11.4 Å². The zero-order valence-electron chi connectivity index (χ0n) is 17.5. The fourth-order valence-corrected chi connectivity index (χ4v) is 2.67. The number of nitro benzene ring substituents is 1. The van der Waals surface area contributed by atoms with Crippen molar-refractivity contribution in [3.63, 3.8) is 0 Å². The standard InChI is InChI=1S/C21H24N2O7/c1-6-29-19-11-17(23(26)27)15(10-18(19)28-5)21(25)30-14(4)20(24)22-16-9-12(2)7-8-13(16)3/h7-11,14H,6H2,1-5H3,(H,22,24)/t14-/m0/s1. The van der Waals surface area contributed by atoms with Gasteiger partial charge in [-0.15, -0.1) is 0 Å². The Morgan fingerprint density at radius 2 is 1.87 bits per heavy atom. The summed E-state index contributed by atoms with van der Waals surface area (Å²) in [6.45, 7) is 7.07. The molecule has 0 aliphatic heterocycles. The number of carbonyl (C=O) groups is 2. The van der Waals surface area contributed by atoms with Gasteiger partial charge in [-0.05, 0) is 44.9 Å². The number of amides is 1. The van der Waals surface area contributed by atoms with Gasteiger partial charge in [-0.3, -0.25) is 14.9 Å². The van der Waals surface area contributed by atoms with Gasteiger partial charge < -0.3 is 19.5 Å². The van der Waals surface area contributed by atoms with Crippen LogP contribution in [0, 0.1) is 24.0 Å². The van der Waals surface area contributed by atoms with E-state index < -0.39 is 28.6 Å². The highest BCUT2D eigenvalue weighted by Gasteiger charge is 2.28. The van der Waals surface area contributed by atoms with Crippen LogP contribution in [0.15, 0.2) is 30.3 Å². The molecule has 0 radical (unpaired) electrons. The van der Waals surface area contributed by atoms with E-state index in [4.69, 9.17) is 14.2 Å². The predicted molar refractivity (Wildman–Crippen MR) is 110 cm³/mol. The highest BCUT2D eigenvalue weighted by Crippen LogP contribution is 2.35. The number of methoxy groups -OCH3 is 1. The maximum atomic E-state index is 12.6. The second-order valence-corrected chi connectivity index (χ2v) is 6.57. The average molecular weight is 416 g/mol. The van der Waals surface area contributed by atoms with E-state index in [0.29, 0.717) is 5.69 Å². The lowest BCUT2D eigenvalue weighted by molar-refractivity contribution is -0.385. The molecule has 0 saturated carbocycles. The van der Waals surface area contributed by atoms with Crippen molar-refractivity contribution in [2.24, 2.45) is 0 Å². The third-order valence-electron chi connectivity index (χ3n) is 4.30. The Bertz CT molecular complexity index is 972. The van der Waals surface area contributed by atoms with E-state index in [2.05, 4.69) is 5.32 Å². The summed E-state index contributed by atoms with van der Waals surface area (Å²) in [6.07, 6.45) is -1.19. The number of rotatable bonds is 8. The van der Waals surface area contributed by atoms with Crippen molar-refractivity contribution >= 4 is 23.3 Å². The van der Waals surface area contributed by atoms with Crippen LogP contribution in [-0.4, -0.2) is 36.6 Å². The number of hydrogen-bond acceptors (Lipinski definition) is 7. The van der Waals surface area contributed by atoms with E-state index in [-0.39, 0.29) is 23.7 Å². The highest BCUT2D eigenvalue weighted by atomic mass is 16.6. The number of nitrogens with zero attached hydrogens (tertiary/aromatic N) is 1. The number of benzene rings is 2. The highest BCUT2D eigenvalue weighted by molar-refractivity contribution is 5.99. The number of aryl methyl sites for hydroxylation is 2. The van der Waals surface area contributed by atoms with Crippen LogP contribution >= 0.6 is 0 Å². The maximum Gasteiger partial charge on any atom is 0.346 e. The van der Waals surface area contributed by atoms with Crippen molar-refractivity contribution < 1.29 is 28.7 Å². The van der Waals surface area contributed by atoms with Gasteiger partial charge in [-0.1, -0.05) is 12.1 Å². The first-order valence-electron chi connectivity index (χ1n) is 9.26. The van der Waals surface area contributed by atoms with Gasteiger partial charge >= 0.3 is 5.97 Å². The predicted octanol–water partition coefficient (Wildman–Crippen LogP) is 3.80. The summed E-state index contributed by atoms with van der Waals surface area (Å²) in [4.78, 5) is 35.8. The molecule has 2 aromatic rings. The van der Waals surface area contributed by atoms with Crippen molar-refractivity contribution in [2.45, 2.75) is 33.8 Å². The third-order valence-corrected chi connectivity index (χ3v) is 4.30. The molecule has 0 fully saturated rings.